The molecule has 0 aliphatic carbocycles. The number of piperidine rings is 1. The standard InChI is InChI=1S/C46H44N6O5.C2H7N/c1-4-28-20-41-30(11-8-18-51(41)33-21-35(27(2)3)43-37(22-33)32(26-53)24-49-43)19-36(28)31-13-14-39(48-23-31)44(55)47-17-6-5-9-29-10-7-12-34-38(29)25-52(46(34)57)40-15-16-42(54)50-45(40)56;1-3-2/h7,10,12-14,19-24,26-27,40,49H,4,6,8,11,15-18,25H2,1-3H3,(H,47,55)(H,50,54,56);3H,1-2H3. The SMILES string of the molecule is CCc1cc2c(cc1-c1ccc(C(=O)NCCC#Cc3cccc4c3CN(C3CCC(=O)NC3=O)C4=O)nc1)CCCN2c1cc(C(C)C)c2[nH]cc(C=O)c2c1.CNC. The number of amides is 4. The number of aromatic amines is 1. The molecule has 8 rings (SSSR count). The number of aromatic nitrogens is 2. The van der Waals surface area contributed by atoms with E-state index < -0.39 is 11.9 Å². The van der Waals surface area contributed by atoms with E-state index in [1.54, 1.807) is 30.6 Å². The summed E-state index contributed by atoms with van der Waals surface area (Å²) in [5.41, 5.74) is 11.9. The van der Waals surface area contributed by atoms with Crippen molar-refractivity contribution < 1.29 is 24.0 Å². The first-order valence-electron chi connectivity index (χ1n) is 20.7. The highest BCUT2D eigenvalue weighted by atomic mass is 16.2. The summed E-state index contributed by atoms with van der Waals surface area (Å²) in [5, 5.41) is 8.94. The van der Waals surface area contributed by atoms with Gasteiger partial charge in [0.15, 0.2) is 6.29 Å². The van der Waals surface area contributed by atoms with Gasteiger partial charge < -0.3 is 25.4 Å². The molecule has 2 aromatic heterocycles. The van der Waals surface area contributed by atoms with Crippen molar-refractivity contribution in [3.63, 3.8) is 0 Å². The van der Waals surface area contributed by atoms with Crippen molar-refractivity contribution in [2.75, 3.05) is 32.1 Å². The molecule has 12 nitrogen and oxygen atoms in total. The minimum absolute atomic E-state index is 0.196. The van der Waals surface area contributed by atoms with Crippen molar-refractivity contribution >= 4 is 52.2 Å². The van der Waals surface area contributed by atoms with Crippen molar-refractivity contribution in [1.82, 2.24) is 30.8 Å². The number of pyridine rings is 1. The van der Waals surface area contributed by atoms with E-state index in [0.717, 1.165) is 65.4 Å². The summed E-state index contributed by atoms with van der Waals surface area (Å²) in [5.74, 6) is 5.23. The molecular formula is C48H51N7O5. The second-order valence-corrected chi connectivity index (χ2v) is 15.7. The number of carbonyl (C=O) groups is 5. The van der Waals surface area contributed by atoms with E-state index in [0.29, 0.717) is 41.8 Å². The van der Waals surface area contributed by atoms with Gasteiger partial charge in [0.2, 0.25) is 11.8 Å². The normalized spacial score (nSPS) is 15.8. The van der Waals surface area contributed by atoms with E-state index in [1.165, 1.54) is 27.3 Å². The summed E-state index contributed by atoms with van der Waals surface area (Å²) in [6.07, 6.45) is 8.14. The third-order valence-corrected chi connectivity index (χ3v) is 11.3. The highest BCUT2D eigenvalue weighted by Gasteiger charge is 2.39. The lowest BCUT2D eigenvalue weighted by atomic mass is 9.90. The monoisotopic (exact) mass is 805 g/mol. The number of aryl methyl sites for hydroxylation is 2. The molecule has 60 heavy (non-hydrogen) atoms. The van der Waals surface area contributed by atoms with Gasteiger partial charge in [-0.2, -0.15) is 0 Å². The number of fused-ring (bicyclic) bond motifs is 3. The zero-order chi connectivity index (χ0) is 42.5. The first-order chi connectivity index (χ1) is 29.1. The zero-order valence-electron chi connectivity index (χ0n) is 34.8. The molecule has 0 bridgehead atoms. The Morgan fingerprint density at radius 3 is 2.58 bits per heavy atom. The molecule has 3 aliphatic rings. The highest BCUT2D eigenvalue weighted by molar-refractivity contribution is 6.06. The molecule has 1 saturated heterocycles. The molecular weight excluding hydrogens is 755 g/mol. The average molecular weight is 806 g/mol. The van der Waals surface area contributed by atoms with Crippen molar-refractivity contribution in [3.8, 4) is 23.0 Å². The van der Waals surface area contributed by atoms with E-state index in [4.69, 9.17) is 0 Å². The predicted molar refractivity (Wildman–Crippen MR) is 233 cm³/mol. The first kappa shape index (κ1) is 41.6. The summed E-state index contributed by atoms with van der Waals surface area (Å²) in [6, 6.07) is 17.3. The molecule has 1 atom stereocenters. The van der Waals surface area contributed by atoms with Crippen LogP contribution in [-0.2, 0) is 29.0 Å². The van der Waals surface area contributed by atoms with Crippen LogP contribution in [0.5, 0.6) is 0 Å². The Morgan fingerprint density at radius 1 is 1.05 bits per heavy atom. The molecule has 4 N–H and O–H groups in total. The van der Waals surface area contributed by atoms with Crippen molar-refractivity contribution in [1.29, 1.82) is 0 Å². The van der Waals surface area contributed by atoms with Crippen molar-refractivity contribution in [2.24, 2.45) is 0 Å². The number of imide groups is 1. The molecule has 0 spiro atoms. The van der Waals surface area contributed by atoms with E-state index in [1.807, 2.05) is 26.2 Å². The first-order valence-corrected chi connectivity index (χ1v) is 20.7. The van der Waals surface area contributed by atoms with Gasteiger partial charge in [-0.1, -0.05) is 44.7 Å². The van der Waals surface area contributed by atoms with Gasteiger partial charge in [-0.05, 0) is 116 Å². The van der Waals surface area contributed by atoms with Gasteiger partial charge >= 0.3 is 0 Å². The Bertz CT molecular complexity index is 2550. The zero-order valence-corrected chi connectivity index (χ0v) is 34.8. The van der Waals surface area contributed by atoms with Gasteiger partial charge in [-0.15, -0.1) is 0 Å². The molecule has 4 amide bonds. The highest BCUT2D eigenvalue weighted by Crippen LogP contribution is 2.41. The van der Waals surface area contributed by atoms with Crippen LogP contribution in [-0.4, -0.2) is 78.0 Å². The second-order valence-electron chi connectivity index (χ2n) is 15.7. The second kappa shape index (κ2) is 18.1. The molecule has 1 unspecified atom stereocenters. The number of anilines is 2. The van der Waals surface area contributed by atoms with Gasteiger partial charge in [0.25, 0.3) is 11.8 Å². The smallest absolute Gasteiger partial charge is 0.269 e. The van der Waals surface area contributed by atoms with Crippen LogP contribution in [0.2, 0.25) is 0 Å². The molecule has 5 aromatic rings. The fourth-order valence-corrected chi connectivity index (χ4v) is 8.36. The van der Waals surface area contributed by atoms with Crippen LogP contribution < -0.4 is 20.9 Å². The van der Waals surface area contributed by atoms with Gasteiger partial charge in [0, 0.05) is 89.4 Å². The maximum atomic E-state index is 13.1. The lowest BCUT2D eigenvalue weighted by Crippen LogP contribution is -2.52. The van der Waals surface area contributed by atoms with E-state index in [-0.39, 0.29) is 36.6 Å². The molecule has 12 heteroatoms. The Balaban J connectivity index is 0.00000176. The third-order valence-electron chi connectivity index (χ3n) is 11.3. The number of aldehydes is 1. The minimum Gasteiger partial charge on any atom is -0.360 e. The Labute approximate surface area is 350 Å². The summed E-state index contributed by atoms with van der Waals surface area (Å²) in [6.45, 7) is 7.96. The average Bonchev–Trinajstić information content (AvgIpc) is 3.83. The van der Waals surface area contributed by atoms with Crippen LogP contribution in [0.15, 0.2) is 67.0 Å². The van der Waals surface area contributed by atoms with E-state index >= 15 is 0 Å². The fourth-order valence-electron chi connectivity index (χ4n) is 8.36. The van der Waals surface area contributed by atoms with Crippen LogP contribution in [0, 0.1) is 11.8 Å². The summed E-state index contributed by atoms with van der Waals surface area (Å²) >= 11 is 0. The number of carbonyl (C=O) groups excluding carboxylic acids is 5. The van der Waals surface area contributed by atoms with Gasteiger partial charge in [0.05, 0.1) is 0 Å². The predicted octanol–water partition coefficient (Wildman–Crippen LogP) is 6.58. The van der Waals surface area contributed by atoms with Crippen molar-refractivity contribution in [2.45, 2.75) is 77.8 Å². The summed E-state index contributed by atoms with van der Waals surface area (Å²) < 4.78 is 0. The van der Waals surface area contributed by atoms with E-state index in [2.05, 4.69) is 87.7 Å². The molecule has 5 heterocycles. The van der Waals surface area contributed by atoms with Crippen LogP contribution >= 0.6 is 0 Å². The summed E-state index contributed by atoms with van der Waals surface area (Å²) in [7, 11) is 3.75. The van der Waals surface area contributed by atoms with Crippen LogP contribution in [0.4, 0.5) is 11.4 Å². The molecule has 0 saturated carbocycles. The number of rotatable bonds is 9. The largest absolute Gasteiger partial charge is 0.360 e. The maximum Gasteiger partial charge on any atom is 0.269 e. The molecule has 3 aliphatic heterocycles. The number of nitrogens with zero attached hydrogens (tertiary/aromatic N) is 3. The number of H-pyrrole nitrogens is 1. The Kier molecular flexibility index (Phi) is 12.6. The number of nitrogens with one attached hydrogen (secondary N) is 4. The van der Waals surface area contributed by atoms with E-state index in [9.17, 15) is 24.0 Å². The summed E-state index contributed by atoms with van der Waals surface area (Å²) in [4.78, 5) is 73.9. The number of benzene rings is 3. The van der Waals surface area contributed by atoms with Crippen LogP contribution in [0.1, 0.15) is 111 Å². The van der Waals surface area contributed by atoms with Gasteiger partial charge in [-0.25, -0.2) is 0 Å². The van der Waals surface area contributed by atoms with Gasteiger partial charge in [-0.3, -0.25) is 34.3 Å². The maximum absolute atomic E-state index is 13.1. The quantitative estimate of drug-likeness (QED) is 0.0564. The topological polar surface area (TPSA) is 157 Å². The Hall–Kier alpha value is -6.58. The minimum atomic E-state index is -0.686. The fraction of sp³-hybridized carbons (Fsp3) is 0.333. The number of hydrogen-bond acceptors (Lipinski definition) is 8. The molecule has 0 radical (unpaired) electrons. The third kappa shape index (κ3) is 8.31. The van der Waals surface area contributed by atoms with Crippen LogP contribution in [0.3, 0.4) is 0 Å². The lowest BCUT2D eigenvalue weighted by molar-refractivity contribution is -0.136. The molecule has 3 aromatic carbocycles. The Morgan fingerprint density at radius 2 is 1.87 bits per heavy atom. The molecule has 308 valence electrons. The lowest BCUT2D eigenvalue weighted by Gasteiger charge is -2.33. The molecule has 1 fully saturated rings. The number of hydrogen-bond donors (Lipinski definition) is 4. The van der Waals surface area contributed by atoms with Gasteiger partial charge in [0.1, 0.15) is 11.7 Å². The van der Waals surface area contributed by atoms with Crippen LogP contribution in [0.25, 0.3) is 22.0 Å². The van der Waals surface area contributed by atoms with Crippen molar-refractivity contribution in [3.05, 3.63) is 112 Å².